The average molecular weight is 572 g/mol. The van der Waals surface area contributed by atoms with Crippen LogP contribution >= 0.6 is 0 Å². The van der Waals surface area contributed by atoms with Crippen LogP contribution in [-0.4, -0.2) is 76.5 Å². The predicted octanol–water partition coefficient (Wildman–Crippen LogP) is 6.60. The van der Waals surface area contributed by atoms with Gasteiger partial charge in [-0.1, -0.05) is 25.1 Å². The Hall–Kier alpha value is -4.40. The van der Waals surface area contributed by atoms with Crippen LogP contribution in [0.3, 0.4) is 0 Å². The van der Waals surface area contributed by atoms with Gasteiger partial charge in [0.2, 0.25) is 0 Å². The van der Waals surface area contributed by atoms with E-state index in [1.807, 2.05) is 54.7 Å². The van der Waals surface area contributed by atoms with Crippen molar-refractivity contribution in [2.45, 2.75) is 26.2 Å². The van der Waals surface area contributed by atoms with E-state index in [9.17, 15) is 0 Å². The standard InChI is InChI=1S/C35H39N8/c1-3-36-22-24-43(4-2)25-23-37-18-8-5-9-19-40-33-26-27-14-16-31(29-12-6-10-20-38-29)41-34(27)35-28(33)15-17-32(42-35)30-13-7-11-21-39-30/h6-7,10-21,26,36H,1,3-5,8-9,22-25H2,2H3. The van der Waals surface area contributed by atoms with E-state index in [4.69, 9.17) is 15.0 Å². The first kappa shape index (κ1) is 30.1. The fourth-order valence-electron chi connectivity index (χ4n) is 4.90. The first-order chi connectivity index (χ1) is 21.3. The Balaban J connectivity index is 1.30. The molecule has 219 valence electrons. The number of rotatable bonds is 15. The van der Waals surface area contributed by atoms with Gasteiger partial charge in [0.05, 0.1) is 46.0 Å². The monoisotopic (exact) mass is 571 g/mol. The summed E-state index contributed by atoms with van der Waals surface area (Å²) in [7, 11) is 0. The molecule has 0 saturated carbocycles. The summed E-state index contributed by atoms with van der Waals surface area (Å²) in [6.45, 7) is 11.6. The minimum atomic E-state index is 0.768. The third-order valence-corrected chi connectivity index (χ3v) is 7.27. The second kappa shape index (κ2) is 15.7. The van der Waals surface area contributed by atoms with Crippen molar-refractivity contribution in [2.75, 3.05) is 39.3 Å². The second-order valence-electron chi connectivity index (χ2n) is 10.2. The second-order valence-corrected chi connectivity index (χ2v) is 10.2. The molecule has 4 heterocycles. The summed E-state index contributed by atoms with van der Waals surface area (Å²) in [6, 6.07) is 22.0. The first-order valence-electron chi connectivity index (χ1n) is 15.1. The maximum Gasteiger partial charge on any atom is 0.0994 e. The third-order valence-electron chi connectivity index (χ3n) is 7.27. The molecule has 1 aromatic carbocycles. The van der Waals surface area contributed by atoms with Gasteiger partial charge in [0.1, 0.15) is 0 Å². The SMILES string of the molecule is [CH2]CNCCN(CC)CCN=CCCCC=Nc1cc2ccc(-c3ccccn3)nc2c2nc(-c3ccccn3)ccc12. The summed E-state index contributed by atoms with van der Waals surface area (Å²) in [4.78, 5) is 31.0. The van der Waals surface area contributed by atoms with E-state index in [1.165, 1.54) is 0 Å². The van der Waals surface area contributed by atoms with Gasteiger partial charge in [0.25, 0.3) is 0 Å². The molecule has 8 nitrogen and oxygen atoms in total. The fourth-order valence-corrected chi connectivity index (χ4v) is 4.90. The lowest BCUT2D eigenvalue weighted by molar-refractivity contribution is 0.297. The molecule has 0 amide bonds. The molecule has 0 bridgehead atoms. The van der Waals surface area contributed by atoms with Gasteiger partial charge in [-0.15, -0.1) is 0 Å². The van der Waals surface area contributed by atoms with Crippen LogP contribution in [-0.2, 0) is 0 Å². The molecule has 0 saturated heterocycles. The molecule has 8 heteroatoms. The molecule has 5 rings (SSSR count). The van der Waals surface area contributed by atoms with E-state index in [-0.39, 0.29) is 0 Å². The molecule has 0 aliphatic heterocycles. The van der Waals surface area contributed by atoms with Gasteiger partial charge >= 0.3 is 0 Å². The molecule has 0 spiro atoms. The smallest absolute Gasteiger partial charge is 0.0994 e. The van der Waals surface area contributed by atoms with E-state index in [0.717, 1.165) is 109 Å². The molecule has 4 aromatic heterocycles. The number of aromatic nitrogens is 4. The number of nitrogens with one attached hydrogen (secondary N) is 1. The van der Waals surface area contributed by atoms with Crippen LogP contribution in [0.1, 0.15) is 26.2 Å². The van der Waals surface area contributed by atoms with Gasteiger partial charge in [-0.2, -0.15) is 0 Å². The Morgan fingerprint density at radius 2 is 1.53 bits per heavy atom. The quantitative estimate of drug-likeness (QED) is 0.0865. The summed E-state index contributed by atoms with van der Waals surface area (Å²) < 4.78 is 0. The lowest BCUT2D eigenvalue weighted by Crippen LogP contribution is -2.33. The molecule has 1 radical (unpaired) electrons. The molecular formula is C35H39N8. The number of pyridine rings is 4. The highest BCUT2D eigenvalue weighted by Gasteiger charge is 2.13. The lowest BCUT2D eigenvalue weighted by Gasteiger charge is -2.19. The van der Waals surface area contributed by atoms with E-state index < -0.39 is 0 Å². The van der Waals surface area contributed by atoms with Gasteiger partial charge < -0.3 is 10.2 Å². The zero-order valence-electron chi connectivity index (χ0n) is 24.9. The largest absolute Gasteiger partial charge is 0.315 e. The number of benzene rings is 1. The molecule has 0 unspecified atom stereocenters. The van der Waals surface area contributed by atoms with E-state index in [1.54, 1.807) is 12.4 Å². The highest BCUT2D eigenvalue weighted by atomic mass is 15.1. The van der Waals surface area contributed by atoms with Crippen molar-refractivity contribution in [2.24, 2.45) is 9.98 Å². The van der Waals surface area contributed by atoms with Crippen LogP contribution in [0.4, 0.5) is 5.69 Å². The average Bonchev–Trinajstić information content (AvgIpc) is 3.07. The Labute approximate surface area is 254 Å². The van der Waals surface area contributed by atoms with Crippen molar-refractivity contribution in [1.82, 2.24) is 30.2 Å². The number of fused-ring (bicyclic) bond motifs is 3. The number of likely N-dealkylation sites (N-methyl/N-ethyl adjacent to an activating group) is 1. The zero-order valence-corrected chi connectivity index (χ0v) is 24.9. The Morgan fingerprint density at radius 1 is 0.814 bits per heavy atom. The van der Waals surface area contributed by atoms with Crippen molar-refractivity contribution in [3.8, 4) is 22.8 Å². The summed E-state index contributed by atoms with van der Waals surface area (Å²) in [5.74, 6) is 0. The first-order valence-corrected chi connectivity index (χ1v) is 15.1. The van der Waals surface area contributed by atoms with Crippen LogP contribution in [0.15, 0.2) is 89.1 Å². The van der Waals surface area contributed by atoms with Gasteiger partial charge in [0, 0.05) is 49.0 Å². The van der Waals surface area contributed by atoms with Crippen LogP contribution in [0.25, 0.3) is 44.6 Å². The van der Waals surface area contributed by atoms with Crippen LogP contribution in [0.2, 0.25) is 0 Å². The van der Waals surface area contributed by atoms with Gasteiger partial charge in [-0.05, 0) is 94.0 Å². The number of nitrogens with zero attached hydrogens (tertiary/aromatic N) is 7. The highest BCUT2D eigenvalue weighted by molar-refractivity contribution is 6.09. The van der Waals surface area contributed by atoms with Crippen molar-refractivity contribution >= 4 is 39.9 Å². The molecule has 0 aliphatic carbocycles. The van der Waals surface area contributed by atoms with E-state index in [2.05, 4.69) is 63.4 Å². The zero-order chi connectivity index (χ0) is 29.7. The summed E-state index contributed by atoms with van der Waals surface area (Å²) >= 11 is 0. The van der Waals surface area contributed by atoms with E-state index in [0.29, 0.717) is 0 Å². The summed E-state index contributed by atoms with van der Waals surface area (Å²) in [5.41, 5.74) is 5.78. The molecule has 0 aliphatic rings. The van der Waals surface area contributed by atoms with Gasteiger partial charge in [-0.25, -0.2) is 9.97 Å². The topological polar surface area (TPSA) is 91.5 Å². The van der Waals surface area contributed by atoms with Crippen molar-refractivity contribution < 1.29 is 0 Å². The Kier molecular flexibility index (Phi) is 11.0. The maximum absolute atomic E-state index is 5.05. The molecule has 5 aromatic rings. The predicted molar refractivity (Wildman–Crippen MR) is 179 cm³/mol. The number of unbranched alkanes of at least 4 members (excludes halogenated alkanes) is 2. The Bertz CT molecular complexity index is 1650. The van der Waals surface area contributed by atoms with Gasteiger partial charge in [-0.3, -0.25) is 20.0 Å². The minimum absolute atomic E-state index is 0.768. The normalized spacial score (nSPS) is 12.0. The molecule has 0 atom stereocenters. The number of hydrogen-bond acceptors (Lipinski definition) is 8. The summed E-state index contributed by atoms with van der Waals surface area (Å²) in [5, 5.41) is 5.22. The van der Waals surface area contributed by atoms with E-state index >= 15 is 0 Å². The lowest BCUT2D eigenvalue weighted by atomic mass is 10.1. The molecule has 43 heavy (non-hydrogen) atoms. The number of aliphatic imine (C=N–C) groups is 2. The van der Waals surface area contributed by atoms with Crippen LogP contribution in [0, 0.1) is 6.92 Å². The van der Waals surface area contributed by atoms with Crippen LogP contribution < -0.4 is 5.32 Å². The minimum Gasteiger partial charge on any atom is -0.315 e. The summed E-state index contributed by atoms with van der Waals surface area (Å²) in [6.07, 6.45) is 10.4. The van der Waals surface area contributed by atoms with Crippen molar-refractivity contribution in [1.29, 1.82) is 0 Å². The van der Waals surface area contributed by atoms with Crippen molar-refractivity contribution in [3.05, 3.63) is 86.0 Å². The highest BCUT2D eigenvalue weighted by Crippen LogP contribution is 2.34. The third kappa shape index (κ3) is 8.12. The molecule has 1 N–H and O–H groups in total. The maximum atomic E-state index is 5.05. The molecule has 0 fully saturated rings. The Morgan fingerprint density at radius 3 is 2.23 bits per heavy atom. The fraction of sp³-hybridized carbons (Fsp3) is 0.286. The van der Waals surface area contributed by atoms with Gasteiger partial charge in [0.15, 0.2) is 0 Å². The number of hydrogen-bond donors (Lipinski definition) is 1. The van der Waals surface area contributed by atoms with Crippen LogP contribution in [0.5, 0.6) is 0 Å². The van der Waals surface area contributed by atoms with Crippen molar-refractivity contribution in [3.63, 3.8) is 0 Å². The molecular weight excluding hydrogens is 532 g/mol.